The number of nitrogens with one attached hydrogen (secondary N) is 1. The molecule has 9 heteroatoms. The minimum atomic E-state index is -4.42. The molecule has 0 radical (unpaired) electrons. The lowest BCUT2D eigenvalue weighted by Gasteiger charge is -2.07. The molecule has 1 aromatic rings. The number of alkyl halides is 3. The molecule has 1 rings (SSSR count). The molecule has 0 spiro atoms. The molecule has 0 aliphatic carbocycles. The van der Waals surface area contributed by atoms with E-state index in [0.29, 0.717) is 4.68 Å². The maximum Gasteiger partial charge on any atom is 0.405 e. The molecule has 0 bridgehead atoms. The van der Waals surface area contributed by atoms with Gasteiger partial charge < -0.3 is 5.32 Å². The van der Waals surface area contributed by atoms with Crippen LogP contribution in [0.5, 0.6) is 0 Å². The van der Waals surface area contributed by atoms with E-state index in [9.17, 15) is 22.8 Å². The number of hydrogen-bond donors (Lipinski definition) is 1. The van der Waals surface area contributed by atoms with E-state index in [1.165, 1.54) is 7.05 Å². The number of anilines is 1. The van der Waals surface area contributed by atoms with Gasteiger partial charge in [-0.3, -0.25) is 9.36 Å². The first-order chi connectivity index (χ1) is 7.22. The Morgan fingerprint density at radius 1 is 1.50 bits per heavy atom. The highest BCUT2D eigenvalue weighted by Gasteiger charge is 2.28. The van der Waals surface area contributed by atoms with Crippen molar-refractivity contribution in [2.24, 2.45) is 7.05 Å². The van der Waals surface area contributed by atoms with Crippen LogP contribution in [0.2, 0.25) is 0 Å². The Bertz CT molecular complexity index is 459. The van der Waals surface area contributed by atoms with Crippen molar-refractivity contribution in [3.63, 3.8) is 0 Å². The average Bonchev–Trinajstić information content (AvgIpc) is 2.40. The van der Waals surface area contributed by atoms with Gasteiger partial charge in [0.1, 0.15) is 6.54 Å². The van der Waals surface area contributed by atoms with Crippen LogP contribution in [-0.2, 0) is 7.05 Å². The zero-order chi connectivity index (χ0) is 12.5. The lowest BCUT2D eigenvalue weighted by molar-refractivity contribution is -0.115. The third-order valence-corrected chi connectivity index (χ3v) is 1.73. The lowest BCUT2D eigenvalue weighted by atomic mass is 10.6. The Morgan fingerprint density at radius 3 is 2.44 bits per heavy atom. The van der Waals surface area contributed by atoms with Crippen molar-refractivity contribution in [3.8, 4) is 0 Å². The molecular weight excluding hydrogens is 229 g/mol. The molecule has 0 aliphatic heterocycles. The summed E-state index contributed by atoms with van der Waals surface area (Å²) in [6.45, 7) is -0.239. The molecule has 0 saturated heterocycles. The van der Waals surface area contributed by atoms with Crippen LogP contribution in [0.3, 0.4) is 0 Å². The third-order valence-electron chi connectivity index (χ3n) is 1.73. The molecule has 6 nitrogen and oxygen atoms in total. The molecule has 0 atom stereocenters. The Labute approximate surface area is 87.7 Å². The summed E-state index contributed by atoms with van der Waals surface area (Å²) in [4.78, 5) is 22.1. The van der Waals surface area contributed by atoms with Gasteiger partial charge in [-0.05, 0) is 0 Å². The van der Waals surface area contributed by atoms with Gasteiger partial charge in [0.05, 0.1) is 0 Å². The van der Waals surface area contributed by atoms with Gasteiger partial charge in [-0.2, -0.15) is 13.2 Å². The van der Waals surface area contributed by atoms with Crippen molar-refractivity contribution < 1.29 is 18.0 Å². The molecule has 0 aliphatic rings. The third kappa shape index (κ3) is 2.61. The van der Waals surface area contributed by atoms with E-state index in [2.05, 4.69) is 5.10 Å². The van der Waals surface area contributed by atoms with Crippen LogP contribution in [0.1, 0.15) is 11.7 Å². The highest BCUT2D eigenvalue weighted by atomic mass is 19.4. The van der Waals surface area contributed by atoms with Crippen LogP contribution in [0.4, 0.5) is 19.1 Å². The fourth-order valence-electron chi connectivity index (χ4n) is 0.976. The Balaban J connectivity index is 2.95. The standard InChI is InChI=1S/C7H9F3N4O2/c1-4(15)14-6(16)13(2)5(12-14)11-3-7(8,9)10/h3H2,1-2H3,(H,11,12). The van der Waals surface area contributed by atoms with Crippen molar-refractivity contribution in [2.45, 2.75) is 13.1 Å². The first-order valence-corrected chi connectivity index (χ1v) is 4.20. The van der Waals surface area contributed by atoms with Crippen molar-refractivity contribution in [2.75, 3.05) is 11.9 Å². The van der Waals surface area contributed by atoms with Gasteiger partial charge in [0, 0.05) is 14.0 Å². The van der Waals surface area contributed by atoms with E-state index in [1.807, 2.05) is 5.32 Å². The summed E-state index contributed by atoms with van der Waals surface area (Å²) < 4.78 is 37.0. The number of carbonyl (C=O) groups excluding carboxylic acids is 1. The topological polar surface area (TPSA) is 68.9 Å². The van der Waals surface area contributed by atoms with Gasteiger partial charge in [-0.15, -0.1) is 9.78 Å². The number of hydrogen-bond acceptors (Lipinski definition) is 4. The smallest absolute Gasteiger partial charge is 0.345 e. The van der Waals surface area contributed by atoms with Gasteiger partial charge in [-0.1, -0.05) is 0 Å². The van der Waals surface area contributed by atoms with Crippen LogP contribution in [0.25, 0.3) is 0 Å². The maximum absolute atomic E-state index is 11.9. The maximum atomic E-state index is 11.9. The van der Waals surface area contributed by atoms with Crippen molar-refractivity contribution >= 4 is 11.9 Å². The van der Waals surface area contributed by atoms with Crippen LogP contribution >= 0.6 is 0 Å². The minimum absolute atomic E-state index is 0.308. The highest BCUT2D eigenvalue weighted by molar-refractivity contribution is 5.74. The lowest BCUT2D eigenvalue weighted by Crippen LogP contribution is -2.27. The molecule has 1 aromatic heterocycles. The molecule has 0 unspecified atom stereocenters. The Morgan fingerprint density at radius 2 is 2.06 bits per heavy atom. The molecule has 0 saturated carbocycles. The van der Waals surface area contributed by atoms with E-state index in [1.54, 1.807) is 0 Å². The zero-order valence-electron chi connectivity index (χ0n) is 8.50. The predicted octanol–water partition coefficient (Wildman–Crippen LogP) is 0.216. The summed E-state index contributed by atoms with van der Waals surface area (Å²) in [6, 6.07) is 0. The monoisotopic (exact) mass is 238 g/mol. The van der Waals surface area contributed by atoms with Crippen LogP contribution in [0, 0.1) is 0 Å². The molecule has 90 valence electrons. The summed E-state index contributed by atoms with van der Waals surface area (Å²) in [6.07, 6.45) is -4.42. The second-order valence-electron chi connectivity index (χ2n) is 3.06. The van der Waals surface area contributed by atoms with Gasteiger partial charge >= 0.3 is 11.9 Å². The average molecular weight is 238 g/mol. The molecule has 16 heavy (non-hydrogen) atoms. The van der Waals surface area contributed by atoms with Gasteiger partial charge in [0.15, 0.2) is 0 Å². The first-order valence-electron chi connectivity index (χ1n) is 4.20. The molecule has 1 N–H and O–H groups in total. The van der Waals surface area contributed by atoms with E-state index < -0.39 is 24.3 Å². The van der Waals surface area contributed by atoms with Crippen molar-refractivity contribution in [3.05, 3.63) is 10.5 Å². The highest BCUT2D eigenvalue weighted by Crippen LogP contribution is 2.14. The van der Waals surface area contributed by atoms with Crippen LogP contribution in [-0.4, -0.2) is 33.0 Å². The Hall–Kier alpha value is -1.80. The van der Waals surface area contributed by atoms with Crippen molar-refractivity contribution in [1.29, 1.82) is 0 Å². The normalized spacial score (nSPS) is 11.6. The molecule has 0 aromatic carbocycles. The molecular formula is C7H9F3N4O2. The number of carbonyl (C=O) groups is 1. The van der Waals surface area contributed by atoms with E-state index in [0.717, 1.165) is 11.5 Å². The zero-order valence-corrected chi connectivity index (χ0v) is 8.50. The predicted molar refractivity (Wildman–Crippen MR) is 48.3 cm³/mol. The molecule has 1 heterocycles. The number of nitrogens with zero attached hydrogens (tertiary/aromatic N) is 3. The van der Waals surface area contributed by atoms with Gasteiger partial charge in [0.2, 0.25) is 11.9 Å². The quantitative estimate of drug-likeness (QED) is 0.800. The first kappa shape index (κ1) is 12.3. The summed E-state index contributed by atoms with van der Waals surface area (Å²) in [7, 11) is 1.22. The summed E-state index contributed by atoms with van der Waals surface area (Å²) >= 11 is 0. The second-order valence-corrected chi connectivity index (χ2v) is 3.06. The fourth-order valence-corrected chi connectivity index (χ4v) is 0.976. The summed E-state index contributed by atoms with van der Waals surface area (Å²) in [5.41, 5.74) is -0.794. The van der Waals surface area contributed by atoms with E-state index in [4.69, 9.17) is 0 Å². The Kier molecular flexibility index (Phi) is 3.06. The largest absolute Gasteiger partial charge is 0.405 e. The van der Waals surface area contributed by atoms with E-state index >= 15 is 0 Å². The fraction of sp³-hybridized carbons (Fsp3) is 0.571. The number of rotatable bonds is 2. The van der Waals surface area contributed by atoms with Gasteiger partial charge in [0.25, 0.3) is 0 Å². The van der Waals surface area contributed by atoms with E-state index in [-0.39, 0.29) is 5.95 Å². The molecule has 0 fully saturated rings. The number of aromatic nitrogens is 3. The van der Waals surface area contributed by atoms with Crippen LogP contribution in [0.15, 0.2) is 4.79 Å². The van der Waals surface area contributed by atoms with Crippen molar-refractivity contribution in [1.82, 2.24) is 14.3 Å². The minimum Gasteiger partial charge on any atom is -0.345 e. The van der Waals surface area contributed by atoms with Gasteiger partial charge in [-0.25, -0.2) is 4.79 Å². The molecule has 0 amide bonds. The number of halogens is 3. The second kappa shape index (κ2) is 3.99. The van der Waals surface area contributed by atoms with Crippen LogP contribution < -0.4 is 11.0 Å². The summed E-state index contributed by atoms with van der Waals surface area (Å²) in [5, 5.41) is 5.34. The SMILES string of the molecule is CC(=O)n1nc(NCC(F)(F)F)n(C)c1=O. The summed E-state index contributed by atoms with van der Waals surface area (Å²) in [5.74, 6) is -0.974.